The summed E-state index contributed by atoms with van der Waals surface area (Å²) in [7, 11) is 1.57. The topological polar surface area (TPSA) is 110 Å². The van der Waals surface area contributed by atoms with Gasteiger partial charge in [-0.15, -0.1) is 11.3 Å². The Bertz CT molecular complexity index is 1200. The summed E-state index contributed by atoms with van der Waals surface area (Å²) >= 11 is 1.42. The number of rotatable bonds is 8. The lowest BCUT2D eigenvalue weighted by molar-refractivity contribution is -0.119. The number of H-pyrrole nitrogens is 1. The molecule has 9 heteroatoms. The Morgan fingerprint density at radius 2 is 1.91 bits per heavy atom. The van der Waals surface area contributed by atoms with Crippen LogP contribution in [0.25, 0.3) is 10.9 Å². The third-order valence-corrected chi connectivity index (χ3v) is 6.88. The number of hydrogen-bond donors (Lipinski definition) is 3. The molecule has 1 aliphatic carbocycles. The molecular formula is C24H27N3O5S. The van der Waals surface area contributed by atoms with Crippen molar-refractivity contribution in [2.75, 3.05) is 32.2 Å². The molecule has 2 aromatic heterocycles. The largest absolute Gasteiger partial charge is 0.452 e. The second-order valence-corrected chi connectivity index (χ2v) is 9.06. The summed E-state index contributed by atoms with van der Waals surface area (Å²) < 4.78 is 10.3. The molecule has 1 aliphatic rings. The summed E-state index contributed by atoms with van der Waals surface area (Å²) in [6, 6.07) is 7.44. The van der Waals surface area contributed by atoms with Crippen LogP contribution in [0, 0.1) is 6.92 Å². The van der Waals surface area contributed by atoms with Gasteiger partial charge in [-0.25, -0.2) is 4.79 Å². The average molecular weight is 470 g/mol. The van der Waals surface area contributed by atoms with Crippen molar-refractivity contribution in [1.82, 2.24) is 10.3 Å². The number of aryl methyl sites for hydroxylation is 2. The highest BCUT2D eigenvalue weighted by Gasteiger charge is 2.26. The van der Waals surface area contributed by atoms with E-state index in [-0.39, 0.29) is 5.91 Å². The van der Waals surface area contributed by atoms with Crippen LogP contribution in [0.15, 0.2) is 24.3 Å². The molecule has 174 valence electrons. The lowest BCUT2D eigenvalue weighted by Gasteiger charge is -2.13. The standard InChI is InChI=1S/C24H27N3O5S/c1-14-20(15-7-3-5-9-17(15)26-14)24(30)32-13-19(28)27-23-21(22(29)25-11-12-31-2)16-8-4-6-10-18(16)33-23/h3,5,7,9,26H,4,6,8,10-13H2,1-2H3,(H,25,29)(H,27,28). The molecule has 8 nitrogen and oxygen atoms in total. The molecule has 4 rings (SSSR count). The number of carbonyl (C=O) groups is 3. The number of fused-ring (bicyclic) bond motifs is 2. The first kappa shape index (κ1) is 23.0. The van der Waals surface area contributed by atoms with E-state index in [1.54, 1.807) is 14.0 Å². The van der Waals surface area contributed by atoms with Crippen LogP contribution in [-0.4, -0.2) is 49.6 Å². The molecule has 0 radical (unpaired) electrons. The quantitative estimate of drug-likeness (QED) is 0.345. The molecule has 0 saturated carbocycles. The van der Waals surface area contributed by atoms with Crippen LogP contribution < -0.4 is 10.6 Å². The minimum absolute atomic E-state index is 0.229. The van der Waals surface area contributed by atoms with Crippen molar-refractivity contribution in [2.24, 2.45) is 0 Å². The Kier molecular flexibility index (Phi) is 7.10. The van der Waals surface area contributed by atoms with E-state index in [1.807, 2.05) is 24.3 Å². The van der Waals surface area contributed by atoms with Gasteiger partial charge in [0.25, 0.3) is 11.8 Å². The highest BCUT2D eigenvalue weighted by Crippen LogP contribution is 2.38. The van der Waals surface area contributed by atoms with Gasteiger partial charge in [-0.05, 0) is 44.2 Å². The maximum Gasteiger partial charge on any atom is 0.341 e. The summed E-state index contributed by atoms with van der Waals surface area (Å²) in [5.74, 6) is -1.28. The first-order valence-corrected chi connectivity index (χ1v) is 11.8. The van der Waals surface area contributed by atoms with E-state index >= 15 is 0 Å². The Morgan fingerprint density at radius 3 is 2.73 bits per heavy atom. The number of amides is 2. The minimum Gasteiger partial charge on any atom is -0.452 e. The number of benzene rings is 1. The van der Waals surface area contributed by atoms with Crippen molar-refractivity contribution < 1.29 is 23.9 Å². The predicted octanol–water partition coefficient (Wildman–Crippen LogP) is 3.59. The van der Waals surface area contributed by atoms with Gasteiger partial charge in [0.05, 0.1) is 17.7 Å². The van der Waals surface area contributed by atoms with Crippen LogP contribution >= 0.6 is 11.3 Å². The molecule has 3 aromatic rings. The summed E-state index contributed by atoms with van der Waals surface area (Å²) in [5, 5.41) is 6.89. The van der Waals surface area contributed by atoms with E-state index in [1.165, 1.54) is 11.3 Å². The number of nitrogens with one attached hydrogen (secondary N) is 3. The Morgan fingerprint density at radius 1 is 1.12 bits per heavy atom. The first-order valence-electron chi connectivity index (χ1n) is 11.0. The fraction of sp³-hybridized carbons (Fsp3) is 0.375. The molecule has 0 unspecified atom stereocenters. The Balaban J connectivity index is 1.46. The van der Waals surface area contributed by atoms with E-state index in [0.717, 1.165) is 47.0 Å². The van der Waals surface area contributed by atoms with E-state index in [9.17, 15) is 14.4 Å². The van der Waals surface area contributed by atoms with Crippen LogP contribution in [0.4, 0.5) is 5.00 Å². The van der Waals surface area contributed by atoms with Gasteiger partial charge < -0.3 is 25.1 Å². The minimum atomic E-state index is -0.567. The maximum atomic E-state index is 12.8. The number of aromatic amines is 1. The van der Waals surface area contributed by atoms with Crippen LogP contribution in [0.2, 0.25) is 0 Å². The smallest absolute Gasteiger partial charge is 0.341 e. The lowest BCUT2D eigenvalue weighted by Crippen LogP contribution is -2.29. The van der Waals surface area contributed by atoms with E-state index < -0.39 is 18.5 Å². The number of thiophene rings is 1. The zero-order valence-corrected chi connectivity index (χ0v) is 19.5. The van der Waals surface area contributed by atoms with Gasteiger partial charge in [-0.3, -0.25) is 9.59 Å². The number of para-hydroxylation sites is 1. The van der Waals surface area contributed by atoms with Crippen molar-refractivity contribution in [3.63, 3.8) is 0 Å². The average Bonchev–Trinajstić information content (AvgIpc) is 3.33. The number of methoxy groups -OCH3 is 1. The molecule has 33 heavy (non-hydrogen) atoms. The molecule has 2 heterocycles. The zero-order chi connectivity index (χ0) is 23.4. The van der Waals surface area contributed by atoms with Crippen molar-refractivity contribution >= 4 is 45.0 Å². The number of aromatic nitrogens is 1. The number of anilines is 1. The van der Waals surface area contributed by atoms with Crippen LogP contribution in [0.5, 0.6) is 0 Å². The Labute approximate surface area is 195 Å². The highest BCUT2D eigenvalue weighted by molar-refractivity contribution is 7.17. The summed E-state index contributed by atoms with van der Waals surface area (Å²) in [5.41, 5.74) is 3.45. The maximum absolute atomic E-state index is 12.8. The molecule has 0 bridgehead atoms. The molecule has 0 atom stereocenters. The van der Waals surface area contributed by atoms with Gasteiger partial charge >= 0.3 is 5.97 Å². The highest BCUT2D eigenvalue weighted by atomic mass is 32.1. The van der Waals surface area contributed by atoms with Gasteiger partial charge in [0.15, 0.2) is 6.61 Å². The van der Waals surface area contributed by atoms with Crippen molar-refractivity contribution in [1.29, 1.82) is 0 Å². The van der Waals surface area contributed by atoms with E-state index in [4.69, 9.17) is 9.47 Å². The molecule has 0 fully saturated rings. The molecule has 0 saturated heterocycles. The molecule has 1 aromatic carbocycles. The van der Waals surface area contributed by atoms with Crippen molar-refractivity contribution in [3.8, 4) is 0 Å². The van der Waals surface area contributed by atoms with Gasteiger partial charge in [0.1, 0.15) is 5.00 Å². The van der Waals surface area contributed by atoms with Gasteiger partial charge in [0.2, 0.25) is 0 Å². The third-order valence-electron chi connectivity index (χ3n) is 5.68. The monoisotopic (exact) mass is 469 g/mol. The molecule has 0 spiro atoms. The summed E-state index contributed by atoms with van der Waals surface area (Å²) in [6.45, 7) is 2.14. The zero-order valence-electron chi connectivity index (χ0n) is 18.7. The van der Waals surface area contributed by atoms with Crippen LogP contribution in [-0.2, 0) is 27.1 Å². The Hall–Kier alpha value is -3.17. The number of hydrogen-bond acceptors (Lipinski definition) is 6. The molecular weight excluding hydrogens is 442 g/mol. The number of carbonyl (C=O) groups excluding carboxylic acids is 3. The summed E-state index contributed by atoms with van der Waals surface area (Å²) in [4.78, 5) is 42.4. The van der Waals surface area contributed by atoms with Crippen molar-refractivity contribution in [2.45, 2.75) is 32.6 Å². The second-order valence-electron chi connectivity index (χ2n) is 7.96. The molecule has 3 N–H and O–H groups in total. The first-order chi connectivity index (χ1) is 16.0. The molecule has 0 aliphatic heterocycles. The second kappa shape index (κ2) is 10.2. The van der Waals surface area contributed by atoms with Gasteiger partial charge in [0, 0.05) is 35.1 Å². The third kappa shape index (κ3) is 4.94. The van der Waals surface area contributed by atoms with Crippen LogP contribution in [0.3, 0.4) is 0 Å². The number of ether oxygens (including phenoxy) is 2. The molecule has 2 amide bonds. The van der Waals surface area contributed by atoms with E-state index in [2.05, 4.69) is 15.6 Å². The van der Waals surface area contributed by atoms with Crippen molar-refractivity contribution in [3.05, 3.63) is 51.5 Å². The predicted molar refractivity (Wildman–Crippen MR) is 127 cm³/mol. The number of esters is 1. The normalized spacial score (nSPS) is 12.9. The summed E-state index contributed by atoms with van der Waals surface area (Å²) in [6.07, 6.45) is 3.77. The van der Waals surface area contributed by atoms with Gasteiger partial charge in [-0.2, -0.15) is 0 Å². The SMILES string of the molecule is COCCNC(=O)c1c(NC(=O)COC(=O)c2c(C)[nH]c3ccccc23)sc2c1CCCC2. The lowest BCUT2D eigenvalue weighted by atomic mass is 9.95. The van der Waals surface area contributed by atoms with Crippen LogP contribution in [0.1, 0.15) is 49.7 Å². The fourth-order valence-electron chi connectivity index (χ4n) is 4.15. The fourth-order valence-corrected chi connectivity index (χ4v) is 5.46. The van der Waals surface area contributed by atoms with E-state index in [0.29, 0.717) is 35.0 Å². The van der Waals surface area contributed by atoms with Gasteiger partial charge in [-0.1, -0.05) is 18.2 Å².